The van der Waals surface area contributed by atoms with Gasteiger partial charge in [0.15, 0.2) is 6.29 Å². The predicted molar refractivity (Wildman–Crippen MR) is 64.0 cm³/mol. The summed E-state index contributed by atoms with van der Waals surface area (Å²) in [7, 11) is 0. The average Bonchev–Trinajstić information content (AvgIpc) is 2.34. The molecule has 0 unspecified atom stereocenters. The van der Waals surface area contributed by atoms with Crippen LogP contribution in [0.3, 0.4) is 0 Å². The number of halogens is 2. The first kappa shape index (κ1) is 13.5. The Morgan fingerprint density at radius 1 is 1.33 bits per heavy atom. The van der Waals surface area contributed by atoms with Crippen molar-refractivity contribution in [1.82, 2.24) is 0 Å². The first-order chi connectivity index (χ1) is 8.49. The molecule has 1 rings (SSSR count). The van der Waals surface area contributed by atoms with Crippen LogP contribution in [0.5, 0.6) is 0 Å². The molecule has 0 aliphatic rings. The Morgan fingerprint density at radius 2 is 1.89 bits per heavy atom. The number of benzene rings is 1. The van der Waals surface area contributed by atoms with Crippen LogP contribution in [-0.4, -0.2) is 12.5 Å². The van der Waals surface area contributed by atoms with Crippen molar-refractivity contribution >= 4 is 18.1 Å². The first-order valence-corrected chi connectivity index (χ1v) is 4.76. The van der Waals surface area contributed by atoms with Crippen molar-refractivity contribution in [2.45, 2.75) is 0 Å². The van der Waals surface area contributed by atoms with Gasteiger partial charge in [0, 0.05) is 6.21 Å². The monoisotopic (exact) mass is 246 g/mol. The van der Waals surface area contributed by atoms with Crippen molar-refractivity contribution in [2.75, 3.05) is 0 Å². The molecule has 0 aliphatic heterocycles. The van der Waals surface area contributed by atoms with E-state index >= 15 is 0 Å². The second-order valence-electron chi connectivity index (χ2n) is 3.31. The predicted octanol–water partition coefficient (Wildman–Crippen LogP) is 2.90. The van der Waals surface area contributed by atoms with Gasteiger partial charge in [0.25, 0.3) is 0 Å². The highest BCUT2D eigenvalue weighted by atomic mass is 19.1. The molecule has 18 heavy (non-hydrogen) atoms. The highest BCUT2D eigenvalue weighted by Gasteiger charge is 2.11. The maximum Gasteiger partial charge on any atom is 0.155 e. The lowest BCUT2D eigenvalue weighted by Gasteiger charge is -2.03. The average molecular weight is 246 g/mol. The minimum absolute atomic E-state index is 0.0541. The normalized spacial score (nSPS) is 10.1. The minimum Gasteiger partial charge on any atom is -0.298 e. The molecule has 90 valence electrons. The van der Waals surface area contributed by atoms with Gasteiger partial charge in [-0.1, -0.05) is 13.2 Å². The van der Waals surface area contributed by atoms with Crippen LogP contribution in [0.25, 0.3) is 5.57 Å². The van der Waals surface area contributed by atoms with Crippen LogP contribution in [0.2, 0.25) is 0 Å². The molecule has 5 heteroatoms. The lowest BCUT2D eigenvalue weighted by Crippen LogP contribution is -1.97. The molecule has 0 radical (unpaired) electrons. The van der Waals surface area contributed by atoms with Gasteiger partial charge in [-0.05, 0) is 23.3 Å². The maximum absolute atomic E-state index is 13.3. The number of hydrogen-bond acceptors (Lipinski definition) is 3. The molecule has 0 heterocycles. The van der Waals surface area contributed by atoms with Gasteiger partial charge in [-0.25, -0.2) is 13.8 Å². The molecule has 0 amide bonds. The Balaban J connectivity index is 3.09. The summed E-state index contributed by atoms with van der Waals surface area (Å²) < 4.78 is 26.6. The Bertz CT molecular complexity index is 574. The highest BCUT2D eigenvalue weighted by molar-refractivity contribution is 6.09. The van der Waals surface area contributed by atoms with Gasteiger partial charge < -0.3 is 0 Å². The second kappa shape index (κ2) is 5.64. The summed E-state index contributed by atoms with van der Waals surface area (Å²) in [6, 6.07) is 3.62. The topological polar surface area (TPSA) is 53.2 Å². The van der Waals surface area contributed by atoms with Crippen molar-refractivity contribution in [2.24, 2.45) is 4.99 Å². The molecule has 0 aliphatic carbocycles. The van der Waals surface area contributed by atoms with Gasteiger partial charge in [0.1, 0.15) is 23.4 Å². The van der Waals surface area contributed by atoms with Gasteiger partial charge in [0.2, 0.25) is 0 Å². The SMILES string of the molecule is C=C(C#N)N=CC(=C)c1cc(F)c(C=O)c(F)c1. The largest absolute Gasteiger partial charge is 0.298 e. The van der Waals surface area contributed by atoms with Gasteiger partial charge in [-0.3, -0.25) is 4.79 Å². The summed E-state index contributed by atoms with van der Waals surface area (Å²) >= 11 is 0. The molecule has 0 bridgehead atoms. The fourth-order valence-electron chi connectivity index (χ4n) is 1.14. The summed E-state index contributed by atoms with van der Waals surface area (Å²) in [5.41, 5.74) is -0.363. The van der Waals surface area contributed by atoms with Crippen molar-refractivity contribution in [3.63, 3.8) is 0 Å². The third-order valence-corrected chi connectivity index (χ3v) is 2.07. The van der Waals surface area contributed by atoms with E-state index in [1.54, 1.807) is 6.07 Å². The quantitative estimate of drug-likeness (QED) is 0.466. The summed E-state index contributed by atoms with van der Waals surface area (Å²) in [6.45, 7) is 6.85. The zero-order chi connectivity index (χ0) is 13.7. The van der Waals surface area contributed by atoms with E-state index in [2.05, 4.69) is 18.2 Å². The van der Waals surface area contributed by atoms with Crippen LogP contribution in [0.15, 0.2) is 36.0 Å². The Labute approximate surface area is 102 Å². The van der Waals surface area contributed by atoms with Gasteiger partial charge in [0.05, 0.1) is 5.56 Å². The molecule has 0 saturated heterocycles. The number of carbonyl (C=O) groups is 1. The van der Waals surface area contributed by atoms with Crippen LogP contribution in [0.1, 0.15) is 15.9 Å². The molecule has 1 aromatic rings. The molecule has 0 atom stereocenters. The standard InChI is InChI=1S/C13H8F2N2O/c1-8(6-17-9(2)5-16)10-3-12(14)11(7-18)13(15)4-10/h3-4,6-7H,1-2H2. The maximum atomic E-state index is 13.3. The fourth-order valence-corrected chi connectivity index (χ4v) is 1.14. The van der Waals surface area contributed by atoms with Crippen LogP contribution in [0, 0.1) is 23.0 Å². The fraction of sp³-hybridized carbons (Fsp3) is 0. The molecular weight excluding hydrogens is 238 g/mol. The first-order valence-electron chi connectivity index (χ1n) is 4.76. The Morgan fingerprint density at radius 3 is 2.33 bits per heavy atom. The van der Waals surface area contributed by atoms with E-state index in [9.17, 15) is 13.6 Å². The van der Waals surface area contributed by atoms with Crippen molar-refractivity contribution in [3.05, 3.63) is 53.7 Å². The van der Waals surface area contributed by atoms with E-state index in [1.807, 2.05) is 0 Å². The van der Waals surface area contributed by atoms with Crippen LogP contribution in [0.4, 0.5) is 8.78 Å². The third kappa shape index (κ3) is 2.95. The minimum atomic E-state index is -0.978. The lowest BCUT2D eigenvalue weighted by molar-refractivity contribution is 0.111. The number of aldehydes is 1. The van der Waals surface area contributed by atoms with E-state index in [4.69, 9.17) is 5.26 Å². The zero-order valence-electron chi connectivity index (χ0n) is 9.28. The Kier molecular flexibility index (Phi) is 4.22. The lowest BCUT2D eigenvalue weighted by atomic mass is 10.1. The number of allylic oxidation sites excluding steroid dienone is 2. The molecule has 3 nitrogen and oxygen atoms in total. The van der Waals surface area contributed by atoms with Crippen LogP contribution < -0.4 is 0 Å². The van der Waals surface area contributed by atoms with Gasteiger partial charge in [-0.2, -0.15) is 5.26 Å². The van der Waals surface area contributed by atoms with Gasteiger partial charge in [-0.15, -0.1) is 0 Å². The van der Waals surface area contributed by atoms with Crippen LogP contribution in [-0.2, 0) is 0 Å². The van der Waals surface area contributed by atoms with E-state index in [0.717, 1.165) is 12.1 Å². The summed E-state index contributed by atoms with van der Waals surface area (Å²) in [5.74, 6) is -1.96. The van der Waals surface area contributed by atoms with Crippen molar-refractivity contribution < 1.29 is 13.6 Å². The Hall–Kier alpha value is -2.61. The highest BCUT2D eigenvalue weighted by Crippen LogP contribution is 2.18. The summed E-state index contributed by atoms with van der Waals surface area (Å²) in [5, 5.41) is 8.42. The van der Waals surface area contributed by atoms with Crippen LogP contribution >= 0.6 is 0 Å². The molecule has 0 N–H and O–H groups in total. The molecule has 1 aromatic carbocycles. The third-order valence-electron chi connectivity index (χ3n) is 2.07. The van der Waals surface area contributed by atoms with E-state index < -0.39 is 17.2 Å². The van der Waals surface area contributed by atoms with Crippen molar-refractivity contribution in [3.8, 4) is 6.07 Å². The second-order valence-corrected chi connectivity index (χ2v) is 3.31. The summed E-state index contributed by atoms with van der Waals surface area (Å²) in [6.07, 6.45) is 1.27. The number of rotatable bonds is 4. The van der Waals surface area contributed by atoms with E-state index in [-0.39, 0.29) is 23.1 Å². The molecule has 0 aromatic heterocycles. The molecular formula is C13H8F2N2O. The zero-order valence-corrected chi connectivity index (χ0v) is 9.28. The van der Waals surface area contributed by atoms with Crippen molar-refractivity contribution in [1.29, 1.82) is 5.26 Å². The number of nitriles is 1. The summed E-state index contributed by atoms with van der Waals surface area (Å²) in [4.78, 5) is 14.0. The van der Waals surface area contributed by atoms with Gasteiger partial charge >= 0.3 is 0 Å². The molecule has 0 saturated carbocycles. The molecule has 0 fully saturated rings. The number of hydrogen-bond donors (Lipinski definition) is 0. The smallest absolute Gasteiger partial charge is 0.155 e. The number of aliphatic imine (C=N–C) groups is 1. The number of nitrogens with zero attached hydrogens (tertiary/aromatic N) is 2. The molecule has 0 spiro atoms. The number of carbonyl (C=O) groups excluding carboxylic acids is 1. The van der Waals surface area contributed by atoms with E-state index in [0.29, 0.717) is 0 Å². The van der Waals surface area contributed by atoms with E-state index in [1.165, 1.54) is 6.21 Å².